The van der Waals surface area contributed by atoms with Crippen molar-refractivity contribution in [3.63, 3.8) is 0 Å². The summed E-state index contributed by atoms with van der Waals surface area (Å²) in [5, 5.41) is 10.3. The van der Waals surface area contributed by atoms with Crippen LogP contribution in [0.3, 0.4) is 0 Å². The van der Waals surface area contributed by atoms with Crippen molar-refractivity contribution in [1.82, 2.24) is 9.80 Å². The molecule has 3 rings (SSSR count). The number of amides is 1. The van der Waals surface area contributed by atoms with E-state index in [1.807, 2.05) is 11.8 Å². The minimum atomic E-state index is -0.438. The quantitative estimate of drug-likeness (QED) is 0.909. The number of benzene rings is 1. The fourth-order valence-electron chi connectivity index (χ4n) is 4.19. The van der Waals surface area contributed by atoms with E-state index in [1.54, 1.807) is 0 Å². The predicted molar refractivity (Wildman–Crippen MR) is 101 cm³/mol. The van der Waals surface area contributed by atoms with Crippen LogP contribution in [0.2, 0.25) is 0 Å². The Morgan fingerprint density at radius 1 is 1.12 bits per heavy atom. The Bertz CT molecular complexity index is 584. The zero-order valence-electron chi connectivity index (χ0n) is 15.5. The van der Waals surface area contributed by atoms with Crippen molar-refractivity contribution in [1.29, 1.82) is 0 Å². The van der Waals surface area contributed by atoms with Crippen LogP contribution in [0.15, 0.2) is 24.3 Å². The average Bonchev–Trinajstić information content (AvgIpc) is 2.83. The number of hydrogen-bond acceptors (Lipinski definition) is 4. The highest BCUT2D eigenvalue weighted by molar-refractivity contribution is 5.75. The highest BCUT2D eigenvalue weighted by Crippen LogP contribution is 2.26. The lowest BCUT2D eigenvalue weighted by atomic mass is 10.0. The first-order chi connectivity index (χ1) is 12.1. The van der Waals surface area contributed by atoms with Crippen LogP contribution in [0.5, 0.6) is 0 Å². The third-order valence-electron chi connectivity index (χ3n) is 5.63. The van der Waals surface area contributed by atoms with Crippen molar-refractivity contribution < 1.29 is 9.90 Å². The molecule has 2 aliphatic heterocycles. The van der Waals surface area contributed by atoms with Gasteiger partial charge in [-0.15, -0.1) is 0 Å². The van der Waals surface area contributed by atoms with Crippen LogP contribution in [0, 0.1) is 6.92 Å². The average molecular weight is 345 g/mol. The third kappa shape index (κ3) is 4.33. The van der Waals surface area contributed by atoms with E-state index < -0.39 is 6.10 Å². The minimum Gasteiger partial charge on any atom is -0.390 e. The van der Waals surface area contributed by atoms with Crippen molar-refractivity contribution in [2.45, 2.75) is 45.3 Å². The fraction of sp³-hybridized carbons (Fsp3) is 0.650. The van der Waals surface area contributed by atoms with Gasteiger partial charge in [-0.25, -0.2) is 0 Å². The molecule has 1 unspecified atom stereocenters. The summed E-state index contributed by atoms with van der Waals surface area (Å²) in [7, 11) is 0. The SMILES string of the molecule is CCC(=O)N1CCN(C2CCN(c3ccccc3C)CC2)CC(O)C1. The number of piperidine rings is 1. The van der Waals surface area contributed by atoms with E-state index in [-0.39, 0.29) is 5.91 Å². The lowest BCUT2D eigenvalue weighted by Gasteiger charge is -2.39. The maximum Gasteiger partial charge on any atom is 0.222 e. The van der Waals surface area contributed by atoms with Gasteiger partial charge in [-0.1, -0.05) is 25.1 Å². The van der Waals surface area contributed by atoms with Gasteiger partial charge in [0.05, 0.1) is 6.10 Å². The first-order valence-corrected chi connectivity index (χ1v) is 9.59. The number of aliphatic hydroxyl groups excluding tert-OH is 1. The van der Waals surface area contributed by atoms with Crippen molar-refractivity contribution >= 4 is 11.6 Å². The molecule has 1 amide bonds. The van der Waals surface area contributed by atoms with E-state index in [9.17, 15) is 9.90 Å². The van der Waals surface area contributed by atoms with Gasteiger partial charge in [0.15, 0.2) is 0 Å². The summed E-state index contributed by atoms with van der Waals surface area (Å²) in [5.41, 5.74) is 2.68. The summed E-state index contributed by atoms with van der Waals surface area (Å²) in [6.45, 7) is 8.94. The normalized spacial score (nSPS) is 23.6. The molecule has 5 heteroatoms. The van der Waals surface area contributed by atoms with Gasteiger partial charge >= 0.3 is 0 Å². The molecule has 138 valence electrons. The first kappa shape index (κ1) is 18.2. The molecule has 2 heterocycles. The van der Waals surface area contributed by atoms with Gasteiger partial charge in [0, 0.05) is 57.4 Å². The standard InChI is InChI=1S/C20H31N3O2/c1-3-20(25)23-13-12-22(14-18(24)15-23)17-8-10-21(11-9-17)19-7-5-4-6-16(19)2/h4-7,17-18,24H,3,8-15H2,1-2H3. The van der Waals surface area contributed by atoms with Crippen molar-refractivity contribution in [3.05, 3.63) is 29.8 Å². The fourth-order valence-corrected chi connectivity index (χ4v) is 4.19. The molecule has 0 aliphatic carbocycles. The number of para-hydroxylation sites is 1. The number of aryl methyl sites for hydroxylation is 1. The zero-order valence-corrected chi connectivity index (χ0v) is 15.5. The molecule has 0 bridgehead atoms. The smallest absolute Gasteiger partial charge is 0.222 e. The summed E-state index contributed by atoms with van der Waals surface area (Å²) < 4.78 is 0. The van der Waals surface area contributed by atoms with Gasteiger partial charge in [-0.2, -0.15) is 0 Å². The molecule has 1 atom stereocenters. The maximum atomic E-state index is 12.0. The molecule has 1 aromatic carbocycles. The molecule has 0 aromatic heterocycles. The van der Waals surface area contributed by atoms with Gasteiger partial charge < -0.3 is 14.9 Å². The predicted octanol–water partition coefficient (Wildman–Crippen LogP) is 1.88. The molecular weight excluding hydrogens is 314 g/mol. The number of carbonyl (C=O) groups is 1. The number of nitrogens with zero attached hydrogens (tertiary/aromatic N) is 3. The lowest BCUT2D eigenvalue weighted by Crippen LogP contribution is -2.47. The molecular formula is C20H31N3O2. The molecule has 2 saturated heterocycles. The number of carbonyl (C=O) groups excluding carboxylic acids is 1. The van der Waals surface area contributed by atoms with Crippen LogP contribution in [-0.2, 0) is 4.79 Å². The van der Waals surface area contributed by atoms with Crippen LogP contribution in [0.4, 0.5) is 5.69 Å². The summed E-state index contributed by atoms with van der Waals surface area (Å²) >= 11 is 0. The molecule has 25 heavy (non-hydrogen) atoms. The van der Waals surface area contributed by atoms with Crippen molar-refractivity contribution in [2.75, 3.05) is 44.2 Å². The highest BCUT2D eigenvalue weighted by Gasteiger charge is 2.30. The minimum absolute atomic E-state index is 0.148. The zero-order chi connectivity index (χ0) is 17.8. The number of β-amino-alcohol motifs (C(OH)–C–C–N with tert-alkyl or cyclic N) is 1. The van der Waals surface area contributed by atoms with E-state index in [4.69, 9.17) is 0 Å². The van der Waals surface area contributed by atoms with Crippen LogP contribution in [0.1, 0.15) is 31.7 Å². The summed E-state index contributed by atoms with van der Waals surface area (Å²) in [5.74, 6) is 0.148. The summed E-state index contributed by atoms with van der Waals surface area (Å²) in [4.78, 5) is 18.7. The monoisotopic (exact) mass is 345 g/mol. The Morgan fingerprint density at radius 2 is 1.84 bits per heavy atom. The van der Waals surface area contributed by atoms with E-state index in [1.165, 1.54) is 11.3 Å². The molecule has 0 spiro atoms. The second kappa shape index (κ2) is 8.19. The second-order valence-electron chi connectivity index (χ2n) is 7.35. The Balaban J connectivity index is 1.57. The molecule has 0 radical (unpaired) electrons. The number of rotatable bonds is 3. The third-order valence-corrected chi connectivity index (χ3v) is 5.63. The number of hydrogen-bond donors (Lipinski definition) is 1. The summed E-state index contributed by atoms with van der Waals surface area (Å²) in [6.07, 6.45) is 2.31. The lowest BCUT2D eigenvalue weighted by molar-refractivity contribution is -0.131. The molecule has 2 fully saturated rings. The molecule has 1 N–H and O–H groups in total. The van der Waals surface area contributed by atoms with Gasteiger partial charge in [-0.3, -0.25) is 9.69 Å². The number of anilines is 1. The first-order valence-electron chi connectivity index (χ1n) is 9.59. The highest BCUT2D eigenvalue weighted by atomic mass is 16.3. The van der Waals surface area contributed by atoms with Crippen molar-refractivity contribution in [2.24, 2.45) is 0 Å². The topological polar surface area (TPSA) is 47.0 Å². The van der Waals surface area contributed by atoms with Gasteiger partial charge in [0.25, 0.3) is 0 Å². The Kier molecular flexibility index (Phi) is 5.97. The largest absolute Gasteiger partial charge is 0.390 e. The van der Waals surface area contributed by atoms with Crippen molar-refractivity contribution in [3.8, 4) is 0 Å². The summed E-state index contributed by atoms with van der Waals surface area (Å²) in [6, 6.07) is 9.09. The van der Waals surface area contributed by atoms with E-state index in [0.29, 0.717) is 25.6 Å². The van der Waals surface area contributed by atoms with Gasteiger partial charge in [-0.05, 0) is 31.4 Å². The molecule has 1 aromatic rings. The Labute approximate surface area is 151 Å². The van der Waals surface area contributed by atoms with Crippen LogP contribution in [-0.4, -0.2) is 72.2 Å². The molecule has 5 nitrogen and oxygen atoms in total. The second-order valence-corrected chi connectivity index (χ2v) is 7.35. The van der Waals surface area contributed by atoms with Gasteiger partial charge in [0.1, 0.15) is 0 Å². The number of aliphatic hydroxyl groups is 1. The van der Waals surface area contributed by atoms with Crippen LogP contribution in [0.25, 0.3) is 0 Å². The van der Waals surface area contributed by atoms with E-state index in [0.717, 1.165) is 39.0 Å². The molecule has 0 saturated carbocycles. The van der Waals surface area contributed by atoms with Gasteiger partial charge in [0.2, 0.25) is 5.91 Å². The van der Waals surface area contributed by atoms with Crippen LogP contribution < -0.4 is 4.90 Å². The maximum absolute atomic E-state index is 12.0. The Hall–Kier alpha value is -1.59. The Morgan fingerprint density at radius 3 is 2.52 bits per heavy atom. The van der Waals surface area contributed by atoms with Crippen LogP contribution >= 0.6 is 0 Å². The van der Waals surface area contributed by atoms with E-state index >= 15 is 0 Å². The molecule has 2 aliphatic rings. The van der Waals surface area contributed by atoms with E-state index in [2.05, 4.69) is 41.0 Å².